The molecule has 2 N–H and O–H groups in total. The van der Waals surface area contributed by atoms with Crippen LogP contribution in [0.2, 0.25) is 0 Å². The Morgan fingerprint density at radius 2 is 2.32 bits per heavy atom. The van der Waals surface area contributed by atoms with E-state index in [1.54, 1.807) is 6.07 Å². The number of hydrogen-bond acceptors (Lipinski definition) is 3. The van der Waals surface area contributed by atoms with E-state index in [1.807, 2.05) is 11.8 Å². The highest BCUT2D eigenvalue weighted by Gasteiger charge is 2.31. The molecular weight excluding hydrogens is 249 g/mol. The minimum absolute atomic E-state index is 0.0410. The maximum Gasteiger partial charge on any atom is 0.304 e. The molecular formula is C14H18FNO3. The van der Waals surface area contributed by atoms with Crippen molar-refractivity contribution in [3.05, 3.63) is 29.6 Å². The fourth-order valence-corrected chi connectivity index (χ4v) is 2.82. The molecule has 1 aliphatic rings. The van der Waals surface area contributed by atoms with Gasteiger partial charge < -0.3 is 10.2 Å². The average molecular weight is 267 g/mol. The number of hydrogen-bond donors (Lipinski definition) is 2. The Hall–Kier alpha value is -1.62. The number of carboxylic acid groups (broad SMARTS) is 1. The summed E-state index contributed by atoms with van der Waals surface area (Å²) in [7, 11) is 0. The third-order valence-electron chi connectivity index (χ3n) is 3.76. The van der Waals surface area contributed by atoms with Gasteiger partial charge >= 0.3 is 5.97 Å². The lowest BCUT2D eigenvalue weighted by Gasteiger charge is -2.30. The minimum atomic E-state index is -0.824. The number of rotatable bonds is 4. The van der Waals surface area contributed by atoms with Crippen molar-refractivity contribution in [2.45, 2.75) is 38.3 Å². The maximum atomic E-state index is 13.8. The number of aromatic hydroxyl groups is 1. The number of likely N-dealkylation sites (tertiary alicyclic amines) is 1. The molecule has 1 saturated heterocycles. The number of halogens is 1. The molecule has 0 spiro atoms. The Morgan fingerprint density at radius 3 is 2.95 bits per heavy atom. The lowest BCUT2D eigenvalue weighted by molar-refractivity contribution is -0.138. The highest BCUT2D eigenvalue weighted by molar-refractivity contribution is 5.67. The summed E-state index contributed by atoms with van der Waals surface area (Å²) < 4.78 is 13.8. The van der Waals surface area contributed by atoms with Gasteiger partial charge in [-0.3, -0.25) is 9.69 Å². The van der Waals surface area contributed by atoms with E-state index >= 15 is 0 Å². The van der Waals surface area contributed by atoms with Crippen molar-refractivity contribution in [1.29, 1.82) is 0 Å². The van der Waals surface area contributed by atoms with E-state index in [0.29, 0.717) is 5.56 Å². The number of aliphatic carboxylic acids is 1. The summed E-state index contributed by atoms with van der Waals surface area (Å²) in [5.74, 6) is -1.37. The first-order chi connectivity index (χ1) is 8.99. The third kappa shape index (κ3) is 3.04. The molecule has 19 heavy (non-hydrogen) atoms. The average Bonchev–Trinajstić information content (AvgIpc) is 2.75. The number of phenols is 1. The van der Waals surface area contributed by atoms with E-state index in [0.717, 1.165) is 25.5 Å². The van der Waals surface area contributed by atoms with Crippen molar-refractivity contribution in [1.82, 2.24) is 4.90 Å². The van der Waals surface area contributed by atoms with E-state index < -0.39 is 11.8 Å². The van der Waals surface area contributed by atoms with Gasteiger partial charge in [0.25, 0.3) is 0 Å². The summed E-state index contributed by atoms with van der Waals surface area (Å²) in [5.41, 5.74) is 0.495. The van der Waals surface area contributed by atoms with Crippen LogP contribution in [0.25, 0.3) is 0 Å². The van der Waals surface area contributed by atoms with E-state index in [1.165, 1.54) is 6.07 Å². The van der Waals surface area contributed by atoms with Crippen molar-refractivity contribution in [3.8, 4) is 5.75 Å². The van der Waals surface area contributed by atoms with Gasteiger partial charge in [0.15, 0.2) is 0 Å². The Morgan fingerprint density at radius 1 is 1.58 bits per heavy atom. The second-order valence-electron chi connectivity index (χ2n) is 5.01. The van der Waals surface area contributed by atoms with Gasteiger partial charge in [0.2, 0.25) is 0 Å². The Kier molecular flexibility index (Phi) is 4.04. The molecule has 4 nitrogen and oxygen atoms in total. The second kappa shape index (κ2) is 5.57. The zero-order valence-electron chi connectivity index (χ0n) is 10.8. The van der Waals surface area contributed by atoms with Gasteiger partial charge in [-0.2, -0.15) is 0 Å². The zero-order chi connectivity index (χ0) is 14.0. The molecule has 2 unspecified atom stereocenters. The van der Waals surface area contributed by atoms with Crippen LogP contribution in [0.3, 0.4) is 0 Å². The Bertz CT molecular complexity index is 478. The maximum absolute atomic E-state index is 13.8. The van der Waals surface area contributed by atoms with E-state index in [2.05, 4.69) is 0 Å². The van der Waals surface area contributed by atoms with Crippen molar-refractivity contribution in [3.63, 3.8) is 0 Å². The highest BCUT2D eigenvalue weighted by Crippen LogP contribution is 2.32. The molecule has 0 aliphatic carbocycles. The molecule has 0 radical (unpaired) electrons. The van der Waals surface area contributed by atoms with Crippen LogP contribution < -0.4 is 0 Å². The van der Waals surface area contributed by atoms with Crippen LogP contribution in [0.15, 0.2) is 18.2 Å². The fourth-order valence-electron chi connectivity index (χ4n) is 2.82. The predicted octanol–water partition coefficient (Wildman–Crippen LogP) is 2.53. The first-order valence-electron chi connectivity index (χ1n) is 6.45. The van der Waals surface area contributed by atoms with E-state index in [4.69, 9.17) is 5.11 Å². The standard InChI is InChI=1S/C14H18FNO3/c1-9(12-5-4-11(17)8-13(12)15)16-6-2-3-10(16)7-14(18)19/h4-5,8-10,17H,2-3,6-7H2,1H3,(H,18,19). The van der Waals surface area contributed by atoms with Crippen molar-refractivity contribution in [2.75, 3.05) is 6.54 Å². The third-order valence-corrected chi connectivity index (χ3v) is 3.76. The first-order valence-corrected chi connectivity index (χ1v) is 6.45. The quantitative estimate of drug-likeness (QED) is 0.880. The molecule has 0 aromatic heterocycles. The van der Waals surface area contributed by atoms with Crippen molar-refractivity contribution in [2.24, 2.45) is 0 Å². The molecule has 0 bridgehead atoms. The Balaban J connectivity index is 2.18. The number of carbonyl (C=O) groups is 1. The van der Waals surface area contributed by atoms with Gasteiger partial charge in [0, 0.05) is 23.7 Å². The largest absolute Gasteiger partial charge is 0.508 e. The molecule has 2 rings (SSSR count). The van der Waals surface area contributed by atoms with Gasteiger partial charge in [0.1, 0.15) is 11.6 Å². The molecule has 104 valence electrons. The van der Waals surface area contributed by atoms with Gasteiger partial charge in [-0.25, -0.2) is 4.39 Å². The summed E-state index contributed by atoms with van der Waals surface area (Å²) in [6.45, 7) is 2.65. The second-order valence-corrected chi connectivity index (χ2v) is 5.01. The molecule has 0 saturated carbocycles. The fraction of sp³-hybridized carbons (Fsp3) is 0.500. The highest BCUT2D eigenvalue weighted by atomic mass is 19.1. The SMILES string of the molecule is CC(c1ccc(O)cc1F)N1CCCC1CC(=O)O. The van der Waals surface area contributed by atoms with Gasteiger partial charge in [-0.1, -0.05) is 6.07 Å². The number of carboxylic acids is 1. The van der Waals surface area contributed by atoms with Crippen LogP contribution in [-0.2, 0) is 4.79 Å². The monoisotopic (exact) mass is 267 g/mol. The predicted molar refractivity (Wildman–Crippen MR) is 68.5 cm³/mol. The van der Waals surface area contributed by atoms with Crippen LogP contribution in [0.4, 0.5) is 4.39 Å². The van der Waals surface area contributed by atoms with E-state index in [-0.39, 0.29) is 24.3 Å². The zero-order valence-corrected chi connectivity index (χ0v) is 10.8. The first kappa shape index (κ1) is 13.8. The van der Waals surface area contributed by atoms with Gasteiger partial charge in [-0.05, 0) is 32.4 Å². The van der Waals surface area contributed by atoms with Crippen molar-refractivity contribution >= 4 is 5.97 Å². The van der Waals surface area contributed by atoms with Gasteiger partial charge in [0.05, 0.1) is 6.42 Å². The number of benzene rings is 1. The van der Waals surface area contributed by atoms with Crippen LogP contribution in [0.5, 0.6) is 5.75 Å². The molecule has 1 fully saturated rings. The molecule has 1 aromatic carbocycles. The van der Waals surface area contributed by atoms with Crippen LogP contribution in [0.1, 0.15) is 37.8 Å². The van der Waals surface area contributed by atoms with Gasteiger partial charge in [-0.15, -0.1) is 0 Å². The molecule has 1 aliphatic heterocycles. The minimum Gasteiger partial charge on any atom is -0.508 e. The van der Waals surface area contributed by atoms with Crippen LogP contribution in [0, 0.1) is 5.82 Å². The Labute approximate surface area is 111 Å². The molecule has 1 heterocycles. The summed E-state index contributed by atoms with van der Waals surface area (Å²) in [4.78, 5) is 12.9. The molecule has 0 amide bonds. The topological polar surface area (TPSA) is 60.8 Å². The molecule has 2 atom stereocenters. The van der Waals surface area contributed by atoms with Crippen LogP contribution in [-0.4, -0.2) is 33.7 Å². The molecule has 1 aromatic rings. The van der Waals surface area contributed by atoms with E-state index in [9.17, 15) is 14.3 Å². The smallest absolute Gasteiger partial charge is 0.304 e. The number of nitrogens with zero attached hydrogens (tertiary/aromatic N) is 1. The summed E-state index contributed by atoms with van der Waals surface area (Å²) in [6.07, 6.45) is 1.85. The normalized spacial score (nSPS) is 21.5. The lowest BCUT2D eigenvalue weighted by atomic mass is 10.0. The lowest BCUT2D eigenvalue weighted by Crippen LogP contribution is -2.34. The molecule has 5 heteroatoms. The summed E-state index contributed by atoms with van der Waals surface area (Å²) >= 11 is 0. The summed E-state index contributed by atoms with van der Waals surface area (Å²) in [6, 6.07) is 3.88. The summed E-state index contributed by atoms with van der Waals surface area (Å²) in [5, 5.41) is 18.1. The number of phenolic OH excluding ortho intramolecular Hbond substituents is 1. The van der Waals surface area contributed by atoms with Crippen LogP contribution >= 0.6 is 0 Å². The van der Waals surface area contributed by atoms with Crippen molar-refractivity contribution < 1.29 is 19.4 Å².